The van der Waals surface area contributed by atoms with Crippen LogP contribution in [0.3, 0.4) is 0 Å². The van der Waals surface area contributed by atoms with E-state index in [0.717, 1.165) is 67.4 Å². The zero-order valence-corrected chi connectivity index (χ0v) is 20.1. The molecule has 1 aromatic carbocycles. The Hall–Kier alpha value is -2.98. The molecule has 7 nitrogen and oxygen atoms in total. The average Bonchev–Trinajstić information content (AvgIpc) is 3.38. The number of rotatable bonds is 7. The van der Waals surface area contributed by atoms with E-state index >= 15 is 0 Å². The number of piperazine rings is 1. The summed E-state index contributed by atoms with van der Waals surface area (Å²) in [6, 6.07) is 6.98. The molecule has 0 spiro atoms. The second-order valence-corrected chi connectivity index (χ2v) is 9.84. The minimum absolute atomic E-state index is 0.0349. The lowest BCUT2D eigenvalue weighted by atomic mass is 10.2. The molecule has 0 radical (unpaired) electrons. The summed E-state index contributed by atoms with van der Waals surface area (Å²) >= 11 is 1.78. The summed E-state index contributed by atoms with van der Waals surface area (Å²) in [4.78, 5) is 19.6. The first kappa shape index (κ1) is 23.7. The fourth-order valence-electron chi connectivity index (χ4n) is 4.49. The Bertz CT molecular complexity index is 1190. The predicted molar refractivity (Wildman–Crippen MR) is 132 cm³/mol. The minimum Gasteiger partial charge on any atom is -0.483 e. The molecule has 1 aliphatic carbocycles. The van der Waals surface area contributed by atoms with Crippen LogP contribution in [-0.4, -0.2) is 51.4 Å². The van der Waals surface area contributed by atoms with Crippen LogP contribution in [0.5, 0.6) is 5.75 Å². The van der Waals surface area contributed by atoms with Crippen molar-refractivity contribution >= 4 is 17.6 Å². The van der Waals surface area contributed by atoms with Gasteiger partial charge in [-0.05, 0) is 55.5 Å². The highest BCUT2D eigenvalue weighted by atomic mass is 32.2. The molecule has 0 amide bonds. The van der Waals surface area contributed by atoms with Gasteiger partial charge in [0.1, 0.15) is 17.3 Å². The smallest absolute Gasteiger partial charge is 0.316 e. The van der Waals surface area contributed by atoms with E-state index < -0.39 is 17.2 Å². The minimum atomic E-state index is -0.767. The number of hydrogen-bond acceptors (Lipinski definition) is 7. The summed E-state index contributed by atoms with van der Waals surface area (Å²) in [5, 5.41) is 4.26. The first-order chi connectivity index (χ1) is 17.1. The normalized spacial score (nSPS) is 17.1. The van der Waals surface area contributed by atoms with Gasteiger partial charge in [0.25, 0.3) is 0 Å². The molecule has 1 saturated heterocycles. The number of benzene rings is 1. The molecule has 5 rings (SSSR count). The van der Waals surface area contributed by atoms with E-state index in [2.05, 4.69) is 19.3 Å². The molecule has 2 fully saturated rings. The van der Waals surface area contributed by atoms with Gasteiger partial charge in [0.2, 0.25) is 5.75 Å². The number of aromatic nitrogens is 3. The zero-order valence-electron chi connectivity index (χ0n) is 19.3. The summed E-state index contributed by atoms with van der Waals surface area (Å²) in [5.41, 5.74) is 1.39. The molecule has 3 aromatic rings. The lowest BCUT2D eigenvalue weighted by Gasteiger charge is -2.36. The number of halogens is 2. The number of ether oxygens (including phenoxy) is 1. The van der Waals surface area contributed by atoms with Crippen molar-refractivity contribution in [3.63, 3.8) is 0 Å². The van der Waals surface area contributed by atoms with Crippen LogP contribution in [0.2, 0.25) is 0 Å². The van der Waals surface area contributed by atoms with Crippen molar-refractivity contribution in [1.29, 1.82) is 0 Å². The zero-order chi connectivity index (χ0) is 24.2. The van der Waals surface area contributed by atoms with Crippen molar-refractivity contribution in [3.8, 4) is 11.4 Å². The number of pyridine rings is 1. The van der Waals surface area contributed by atoms with Crippen LogP contribution in [0.15, 0.2) is 53.7 Å². The Morgan fingerprint density at radius 1 is 1.00 bits per heavy atom. The van der Waals surface area contributed by atoms with Crippen molar-refractivity contribution in [2.45, 2.75) is 37.5 Å². The van der Waals surface area contributed by atoms with Gasteiger partial charge in [-0.25, -0.2) is 13.1 Å². The summed E-state index contributed by atoms with van der Waals surface area (Å²) in [7, 11) is 0. The van der Waals surface area contributed by atoms with Gasteiger partial charge >= 0.3 is 5.56 Å². The Morgan fingerprint density at radius 3 is 2.37 bits per heavy atom. The van der Waals surface area contributed by atoms with Crippen molar-refractivity contribution in [1.82, 2.24) is 19.1 Å². The van der Waals surface area contributed by atoms with Crippen LogP contribution >= 0.6 is 11.9 Å². The maximum atomic E-state index is 13.8. The maximum absolute atomic E-state index is 13.8. The summed E-state index contributed by atoms with van der Waals surface area (Å²) in [6.07, 6.45) is 9.02. The first-order valence-corrected chi connectivity index (χ1v) is 12.8. The molecule has 184 valence electrons. The largest absolute Gasteiger partial charge is 0.483 e. The summed E-state index contributed by atoms with van der Waals surface area (Å²) < 4.78 is 37.2. The van der Waals surface area contributed by atoms with Crippen LogP contribution in [0, 0.1) is 11.6 Å². The molecule has 10 heteroatoms. The quantitative estimate of drug-likeness (QED) is 0.452. The molecule has 1 aliphatic heterocycles. The van der Waals surface area contributed by atoms with Crippen molar-refractivity contribution < 1.29 is 13.5 Å². The van der Waals surface area contributed by atoms with E-state index in [1.54, 1.807) is 30.5 Å². The van der Waals surface area contributed by atoms with Crippen molar-refractivity contribution in [2.24, 2.45) is 0 Å². The van der Waals surface area contributed by atoms with Gasteiger partial charge in [0, 0.05) is 50.4 Å². The lowest BCUT2D eigenvalue weighted by molar-refractivity contribution is 0.205. The molecule has 0 atom stereocenters. The highest BCUT2D eigenvalue weighted by molar-refractivity contribution is 7.96. The fourth-order valence-corrected chi connectivity index (χ4v) is 5.43. The van der Waals surface area contributed by atoms with Gasteiger partial charge in [0.05, 0.1) is 18.0 Å². The van der Waals surface area contributed by atoms with Crippen LogP contribution < -0.4 is 15.2 Å². The van der Waals surface area contributed by atoms with E-state index in [1.165, 1.54) is 5.56 Å². The first-order valence-electron chi connectivity index (χ1n) is 11.8. The van der Waals surface area contributed by atoms with E-state index in [-0.39, 0.29) is 17.5 Å². The van der Waals surface area contributed by atoms with E-state index in [0.29, 0.717) is 18.8 Å². The van der Waals surface area contributed by atoms with E-state index in [4.69, 9.17) is 4.74 Å². The Balaban J connectivity index is 1.36. The standard InChI is InChI=1S/C25H27F2N5O2S/c26-19-13-20(27)15-21(14-19)32-25(33)24(34-22-3-1-2-4-22)23(16-29-32)30-9-11-31(12-10-30)35-17-18-5-7-28-8-6-18/h5-8,13-16,22H,1-4,9-12,17H2. The highest BCUT2D eigenvalue weighted by Crippen LogP contribution is 2.31. The Morgan fingerprint density at radius 2 is 1.69 bits per heavy atom. The molecule has 0 N–H and O–H groups in total. The predicted octanol–water partition coefficient (Wildman–Crippen LogP) is 4.20. The highest BCUT2D eigenvalue weighted by Gasteiger charge is 2.27. The second kappa shape index (κ2) is 10.7. The third-order valence-electron chi connectivity index (χ3n) is 6.34. The van der Waals surface area contributed by atoms with E-state index in [9.17, 15) is 13.6 Å². The van der Waals surface area contributed by atoms with Gasteiger partial charge in [0.15, 0.2) is 0 Å². The van der Waals surface area contributed by atoms with Crippen LogP contribution in [0.25, 0.3) is 5.69 Å². The molecule has 2 aliphatic rings. The SMILES string of the molecule is O=c1c(OC2CCCC2)c(N2CCN(SCc3ccncc3)CC2)cnn1-c1cc(F)cc(F)c1. The Kier molecular flexibility index (Phi) is 7.29. The van der Waals surface area contributed by atoms with Gasteiger partial charge in [-0.2, -0.15) is 9.78 Å². The van der Waals surface area contributed by atoms with Crippen molar-refractivity contribution in [2.75, 3.05) is 31.1 Å². The van der Waals surface area contributed by atoms with E-state index in [1.807, 2.05) is 12.1 Å². The second-order valence-electron chi connectivity index (χ2n) is 8.77. The molecular formula is C25H27F2N5O2S. The van der Waals surface area contributed by atoms with Gasteiger partial charge in [-0.1, -0.05) is 11.9 Å². The molecule has 0 unspecified atom stereocenters. The van der Waals surface area contributed by atoms with Gasteiger partial charge in [-0.15, -0.1) is 0 Å². The van der Waals surface area contributed by atoms with Crippen molar-refractivity contribution in [3.05, 3.63) is 76.5 Å². The molecule has 0 bridgehead atoms. The number of nitrogens with zero attached hydrogens (tertiary/aromatic N) is 5. The maximum Gasteiger partial charge on any atom is 0.316 e. The topological polar surface area (TPSA) is 63.5 Å². The molecular weight excluding hydrogens is 472 g/mol. The number of hydrogen-bond donors (Lipinski definition) is 0. The van der Waals surface area contributed by atoms with Crippen LogP contribution in [0.1, 0.15) is 31.2 Å². The van der Waals surface area contributed by atoms with Crippen LogP contribution in [0.4, 0.5) is 14.5 Å². The monoisotopic (exact) mass is 499 g/mol. The summed E-state index contributed by atoms with van der Waals surface area (Å²) in [6.45, 7) is 3.06. The molecule has 2 aromatic heterocycles. The average molecular weight is 500 g/mol. The third-order valence-corrected chi connectivity index (χ3v) is 7.53. The molecule has 35 heavy (non-hydrogen) atoms. The Labute approximate surface area is 206 Å². The third kappa shape index (κ3) is 5.65. The van der Waals surface area contributed by atoms with Gasteiger partial charge in [-0.3, -0.25) is 9.78 Å². The van der Waals surface area contributed by atoms with Crippen LogP contribution in [-0.2, 0) is 5.75 Å². The lowest BCUT2D eigenvalue weighted by Crippen LogP contribution is -2.44. The summed E-state index contributed by atoms with van der Waals surface area (Å²) in [5.74, 6) is -0.456. The molecule has 3 heterocycles. The number of anilines is 1. The fraction of sp³-hybridized carbons (Fsp3) is 0.400. The molecule has 1 saturated carbocycles. The van der Waals surface area contributed by atoms with Gasteiger partial charge < -0.3 is 9.64 Å².